The van der Waals surface area contributed by atoms with E-state index in [9.17, 15) is 20.0 Å². The van der Waals surface area contributed by atoms with Gasteiger partial charge in [-0.05, 0) is 63.8 Å². The van der Waals surface area contributed by atoms with Crippen LogP contribution in [-0.4, -0.2) is 52.2 Å². The maximum absolute atomic E-state index is 14.0. The molecule has 0 spiro atoms. The van der Waals surface area contributed by atoms with Crippen LogP contribution in [0.2, 0.25) is 0 Å². The van der Waals surface area contributed by atoms with Gasteiger partial charge in [0.15, 0.2) is 5.69 Å². The van der Waals surface area contributed by atoms with Crippen LogP contribution in [0.5, 0.6) is 5.88 Å². The smallest absolute Gasteiger partial charge is 0.271 e. The quantitative estimate of drug-likeness (QED) is 0.156. The molecule has 0 aliphatic rings. The lowest BCUT2D eigenvalue weighted by molar-refractivity contribution is 0.0695. The summed E-state index contributed by atoms with van der Waals surface area (Å²) in [5, 5.41) is 32.2. The van der Waals surface area contributed by atoms with E-state index < -0.39 is 5.56 Å². The molecular formula is C32H49N7O3. The molecule has 1 aromatic carbocycles. The normalized spacial score (nSPS) is 13.6. The molecule has 42 heavy (non-hydrogen) atoms. The second kappa shape index (κ2) is 17.4. The Morgan fingerprint density at radius 3 is 2.48 bits per heavy atom. The predicted molar refractivity (Wildman–Crippen MR) is 168 cm³/mol. The predicted octanol–water partition coefficient (Wildman–Crippen LogP) is 5.93. The van der Waals surface area contributed by atoms with Crippen molar-refractivity contribution in [1.29, 1.82) is 5.26 Å². The zero-order chi connectivity index (χ0) is 31.2. The molecule has 0 radical (unpaired) electrons. The van der Waals surface area contributed by atoms with E-state index in [4.69, 9.17) is 5.73 Å². The number of unbranched alkanes of at least 4 members (excludes halogenated alkanes) is 1. The average molecular weight is 580 g/mol. The Bertz CT molecular complexity index is 1300. The summed E-state index contributed by atoms with van der Waals surface area (Å²) < 4.78 is 1.09. The van der Waals surface area contributed by atoms with Crippen LogP contribution in [0.25, 0.3) is 0 Å². The molecule has 3 atom stereocenters. The SMILES string of the molecule is CCCCNC(CC)CN(CC(CC)C(N)CCC)C(=O)c1cccc(/N=N/c2c(C)c(C#N)c(=O)n(CC)c2O)c1. The van der Waals surface area contributed by atoms with Crippen LogP contribution in [0.15, 0.2) is 39.3 Å². The fourth-order valence-electron chi connectivity index (χ4n) is 5.09. The molecule has 0 bridgehead atoms. The highest BCUT2D eigenvalue weighted by molar-refractivity contribution is 5.95. The number of carbonyl (C=O) groups is 1. The number of azo groups is 1. The number of hydrogen-bond donors (Lipinski definition) is 3. The fraction of sp³-hybridized carbons (Fsp3) is 0.594. The van der Waals surface area contributed by atoms with Gasteiger partial charge >= 0.3 is 0 Å². The van der Waals surface area contributed by atoms with Gasteiger partial charge in [0.2, 0.25) is 5.88 Å². The topological polar surface area (TPSA) is 149 Å². The number of carbonyl (C=O) groups excluding carboxylic acids is 1. The molecule has 1 amide bonds. The number of benzene rings is 1. The van der Waals surface area contributed by atoms with Crippen LogP contribution in [0.4, 0.5) is 11.4 Å². The van der Waals surface area contributed by atoms with Crippen molar-refractivity contribution in [1.82, 2.24) is 14.8 Å². The zero-order valence-electron chi connectivity index (χ0n) is 26.2. The number of aromatic hydroxyl groups is 1. The van der Waals surface area contributed by atoms with E-state index in [0.29, 0.717) is 24.3 Å². The lowest BCUT2D eigenvalue weighted by atomic mass is 9.93. The number of nitrogens with zero attached hydrogens (tertiary/aromatic N) is 5. The van der Waals surface area contributed by atoms with Gasteiger partial charge in [-0.25, -0.2) is 0 Å². The first kappa shape index (κ1) is 34.7. The molecule has 2 aromatic rings. The van der Waals surface area contributed by atoms with Crippen molar-refractivity contribution in [3.63, 3.8) is 0 Å². The number of nitrogens with two attached hydrogens (primary N) is 1. The Balaban J connectivity index is 2.43. The minimum absolute atomic E-state index is 0.0178. The number of rotatable bonds is 17. The van der Waals surface area contributed by atoms with E-state index in [1.807, 2.05) is 11.0 Å². The maximum Gasteiger partial charge on any atom is 0.271 e. The summed E-state index contributed by atoms with van der Waals surface area (Å²) in [5.41, 5.74) is 7.07. The average Bonchev–Trinajstić information content (AvgIpc) is 2.98. The van der Waals surface area contributed by atoms with Crippen molar-refractivity contribution in [3.05, 3.63) is 51.3 Å². The van der Waals surface area contributed by atoms with Gasteiger partial charge in [0.1, 0.15) is 11.6 Å². The molecule has 1 heterocycles. The Morgan fingerprint density at radius 2 is 1.88 bits per heavy atom. The number of aromatic nitrogens is 1. The molecule has 2 rings (SSSR count). The number of amides is 1. The Hall–Kier alpha value is -3.55. The van der Waals surface area contributed by atoms with Crippen molar-refractivity contribution in [2.45, 2.75) is 98.7 Å². The van der Waals surface area contributed by atoms with Gasteiger partial charge in [0, 0.05) is 42.8 Å². The summed E-state index contributed by atoms with van der Waals surface area (Å²) in [6.45, 7) is 14.0. The van der Waals surface area contributed by atoms with Crippen LogP contribution in [-0.2, 0) is 6.54 Å². The third-order valence-corrected chi connectivity index (χ3v) is 7.83. The van der Waals surface area contributed by atoms with E-state index >= 15 is 0 Å². The lowest BCUT2D eigenvalue weighted by Gasteiger charge is -2.33. The Labute approximate surface area is 250 Å². The van der Waals surface area contributed by atoms with Crippen LogP contribution >= 0.6 is 0 Å². The van der Waals surface area contributed by atoms with Gasteiger partial charge < -0.3 is 21.1 Å². The molecule has 0 saturated heterocycles. The van der Waals surface area contributed by atoms with Crippen molar-refractivity contribution in [3.8, 4) is 11.9 Å². The monoisotopic (exact) mass is 579 g/mol. The standard InChI is InChI=1S/C32H49N7O3/c1-7-12-17-35-25(10-4)21-38(20-23(9-3)28(34)14-8-2)30(40)24-15-13-16-26(18-24)36-37-29-22(6)27(19-33)31(41)39(11-5)32(29)42/h13,15-16,18,23,25,28,35,42H,7-12,14,17,20-21,34H2,1-6H3/b37-36+. The lowest BCUT2D eigenvalue weighted by Crippen LogP contribution is -2.48. The first-order valence-electron chi connectivity index (χ1n) is 15.3. The highest BCUT2D eigenvalue weighted by atomic mass is 16.3. The van der Waals surface area contributed by atoms with Crippen molar-refractivity contribution in [2.24, 2.45) is 21.9 Å². The zero-order valence-corrected chi connectivity index (χ0v) is 26.2. The van der Waals surface area contributed by atoms with E-state index in [1.165, 1.54) is 0 Å². The van der Waals surface area contributed by atoms with E-state index in [0.717, 1.165) is 49.6 Å². The summed E-state index contributed by atoms with van der Waals surface area (Å²) in [6, 6.07) is 8.98. The maximum atomic E-state index is 14.0. The first-order chi connectivity index (χ1) is 20.2. The molecule has 230 valence electrons. The molecule has 4 N–H and O–H groups in total. The molecule has 1 aromatic heterocycles. The van der Waals surface area contributed by atoms with Crippen molar-refractivity contribution < 1.29 is 9.90 Å². The summed E-state index contributed by atoms with van der Waals surface area (Å²) >= 11 is 0. The highest BCUT2D eigenvalue weighted by Gasteiger charge is 2.25. The third-order valence-electron chi connectivity index (χ3n) is 7.83. The number of hydrogen-bond acceptors (Lipinski definition) is 8. The van der Waals surface area contributed by atoms with Crippen molar-refractivity contribution >= 4 is 17.3 Å². The van der Waals surface area contributed by atoms with E-state index in [-0.39, 0.29) is 53.1 Å². The number of nitrogens with one attached hydrogen (secondary N) is 1. The Morgan fingerprint density at radius 1 is 1.14 bits per heavy atom. The molecule has 0 fully saturated rings. The molecule has 0 aliphatic carbocycles. The fourth-order valence-corrected chi connectivity index (χ4v) is 5.09. The van der Waals surface area contributed by atoms with Crippen molar-refractivity contribution in [2.75, 3.05) is 19.6 Å². The van der Waals surface area contributed by atoms with Gasteiger partial charge in [-0.1, -0.05) is 53.0 Å². The molecule has 0 saturated carbocycles. The molecular weight excluding hydrogens is 530 g/mol. The first-order valence-corrected chi connectivity index (χ1v) is 15.3. The number of pyridine rings is 1. The minimum atomic E-state index is -0.569. The van der Waals surface area contributed by atoms with E-state index in [2.05, 4.69) is 43.2 Å². The van der Waals surface area contributed by atoms with Crippen LogP contribution in [0, 0.1) is 24.2 Å². The molecule has 3 unspecified atom stereocenters. The van der Waals surface area contributed by atoms with Gasteiger partial charge in [-0.3, -0.25) is 14.2 Å². The van der Waals surface area contributed by atoms with E-state index in [1.54, 1.807) is 38.1 Å². The Kier molecular flexibility index (Phi) is 14.4. The molecule has 10 heteroatoms. The van der Waals surface area contributed by atoms with Gasteiger partial charge in [-0.2, -0.15) is 10.4 Å². The molecule has 0 aliphatic heterocycles. The molecule has 10 nitrogen and oxygen atoms in total. The number of nitriles is 1. The second-order valence-corrected chi connectivity index (χ2v) is 10.8. The second-order valence-electron chi connectivity index (χ2n) is 10.8. The van der Waals surface area contributed by atoms with Gasteiger partial charge in [0.25, 0.3) is 11.5 Å². The van der Waals surface area contributed by atoms with Crippen LogP contribution in [0.1, 0.15) is 94.6 Å². The summed E-state index contributed by atoms with van der Waals surface area (Å²) in [6.07, 6.45) is 5.87. The third kappa shape index (κ3) is 8.97. The van der Waals surface area contributed by atoms with Gasteiger partial charge in [-0.15, -0.1) is 5.11 Å². The van der Waals surface area contributed by atoms with Gasteiger partial charge in [0.05, 0.1) is 5.69 Å². The van der Waals surface area contributed by atoms with Crippen LogP contribution in [0.3, 0.4) is 0 Å². The minimum Gasteiger partial charge on any atom is -0.493 e. The largest absolute Gasteiger partial charge is 0.493 e. The van der Waals surface area contributed by atoms with Crippen LogP contribution < -0.4 is 16.6 Å². The highest BCUT2D eigenvalue weighted by Crippen LogP contribution is 2.32. The summed E-state index contributed by atoms with van der Waals surface area (Å²) in [5.74, 6) is -0.272. The summed E-state index contributed by atoms with van der Waals surface area (Å²) in [4.78, 5) is 28.4. The summed E-state index contributed by atoms with van der Waals surface area (Å²) in [7, 11) is 0.